The molecule has 0 saturated heterocycles. The summed E-state index contributed by atoms with van der Waals surface area (Å²) < 4.78 is 9.95. The molecule has 0 spiro atoms. The first-order chi connectivity index (χ1) is 14.3. The SMILES string of the molecule is Cc1ccc(NC(=O)NC(=O)COC(=O)CNC(=O)COc2ccccc2)c(C)c1. The lowest BCUT2D eigenvalue weighted by Crippen LogP contribution is -2.39. The third kappa shape index (κ3) is 8.01. The maximum atomic E-state index is 11.9. The number of aryl methyl sites for hydroxylation is 2. The van der Waals surface area contributed by atoms with E-state index in [2.05, 4.69) is 16.0 Å². The van der Waals surface area contributed by atoms with Gasteiger partial charge in [-0.2, -0.15) is 0 Å². The molecule has 9 nitrogen and oxygen atoms in total. The number of esters is 1. The lowest BCUT2D eigenvalue weighted by Gasteiger charge is -2.10. The number of hydrogen-bond donors (Lipinski definition) is 3. The van der Waals surface area contributed by atoms with Gasteiger partial charge in [-0.25, -0.2) is 4.79 Å². The fourth-order valence-corrected chi connectivity index (χ4v) is 2.35. The number of ether oxygens (including phenoxy) is 2. The maximum absolute atomic E-state index is 11.9. The molecule has 0 aliphatic heterocycles. The van der Waals surface area contributed by atoms with Crippen molar-refractivity contribution in [1.82, 2.24) is 10.6 Å². The van der Waals surface area contributed by atoms with Crippen LogP contribution in [0.15, 0.2) is 48.5 Å². The van der Waals surface area contributed by atoms with Crippen LogP contribution in [0.2, 0.25) is 0 Å². The average Bonchev–Trinajstić information content (AvgIpc) is 2.72. The summed E-state index contributed by atoms with van der Waals surface area (Å²) in [6.07, 6.45) is 0. The number of hydrogen-bond acceptors (Lipinski definition) is 6. The van der Waals surface area contributed by atoms with Crippen molar-refractivity contribution in [3.63, 3.8) is 0 Å². The molecule has 4 amide bonds. The van der Waals surface area contributed by atoms with Crippen LogP contribution in [0.5, 0.6) is 5.75 Å². The first kappa shape index (κ1) is 22.4. The van der Waals surface area contributed by atoms with Crippen molar-refractivity contribution < 1.29 is 28.7 Å². The molecule has 0 heterocycles. The number of anilines is 1. The van der Waals surface area contributed by atoms with E-state index < -0.39 is 37.0 Å². The normalized spacial score (nSPS) is 9.93. The molecule has 0 fully saturated rings. The second-order valence-electron chi connectivity index (χ2n) is 6.36. The van der Waals surface area contributed by atoms with Gasteiger partial charge in [0.2, 0.25) is 0 Å². The summed E-state index contributed by atoms with van der Waals surface area (Å²) in [5.74, 6) is -1.63. The predicted molar refractivity (Wildman–Crippen MR) is 109 cm³/mol. The van der Waals surface area contributed by atoms with E-state index in [1.165, 1.54) is 0 Å². The third-order valence-electron chi connectivity index (χ3n) is 3.79. The summed E-state index contributed by atoms with van der Waals surface area (Å²) in [6, 6.07) is 13.4. The fourth-order valence-electron chi connectivity index (χ4n) is 2.35. The van der Waals surface area contributed by atoms with Crippen LogP contribution < -0.4 is 20.7 Å². The zero-order chi connectivity index (χ0) is 21.9. The molecular formula is C21H23N3O6. The largest absolute Gasteiger partial charge is 0.484 e. The standard InChI is InChI=1S/C21H23N3O6/c1-14-8-9-17(15(2)10-14)23-21(28)24-19(26)13-30-20(27)11-22-18(25)12-29-16-6-4-3-5-7-16/h3-10H,11-13H2,1-2H3,(H,22,25)(H2,23,24,26,28). The molecule has 2 rings (SSSR count). The summed E-state index contributed by atoms with van der Waals surface area (Å²) in [5, 5.41) is 6.91. The molecule has 3 N–H and O–H groups in total. The van der Waals surface area contributed by atoms with Gasteiger partial charge in [-0.15, -0.1) is 0 Å². The van der Waals surface area contributed by atoms with E-state index in [0.717, 1.165) is 11.1 Å². The highest BCUT2D eigenvalue weighted by molar-refractivity contribution is 6.02. The molecule has 0 aliphatic rings. The first-order valence-electron chi connectivity index (χ1n) is 9.12. The molecular weight excluding hydrogens is 390 g/mol. The lowest BCUT2D eigenvalue weighted by molar-refractivity contribution is -0.148. The van der Waals surface area contributed by atoms with Crippen LogP contribution in [0.4, 0.5) is 10.5 Å². The smallest absolute Gasteiger partial charge is 0.325 e. The number of nitrogens with one attached hydrogen (secondary N) is 3. The molecule has 2 aromatic rings. The van der Waals surface area contributed by atoms with Gasteiger partial charge < -0.3 is 20.1 Å². The highest BCUT2D eigenvalue weighted by atomic mass is 16.5. The number of amides is 4. The Morgan fingerprint density at radius 1 is 0.900 bits per heavy atom. The minimum atomic E-state index is -0.826. The highest BCUT2D eigenvalue weighted by Crippen LogP contribution is 2.15. The Morgan fingerprint density at radius 2 is 1.63 bits per heavy atom. The minimum absolute atomic E-state index is 0.267. The number of para-hydroxylation sites is 1. The third-order valence-corrected chi connectivity index (χ3v) is 3.79. The molecule has 2 aromatic carbocycles. The van der Waals surface area contributed by atoms with E-state index in [-0.39, 0.29) is 6.61 Å². The van der Waals surface area contributed by atoms with Gasteiger partial charge in [-0.1, -0.05) is 35.9 Å². The van der Waals surface area contributed by atoms with Crippen LogP contribution in [-0.2, 0) is 19.1 Å². The van der Waals surface area contributed by atoms with Crippen molar-refractivity contribution in [3.05, 3.63) is 59.7 Å². The molecule has 0 radical (unpaired) electrons. The van der Waals surface area contributed by atoms with Crippen molar-refractivity contribution in [3.8, 4) is 5.75 Å². The topological polar surface area (TPSA) is 123 Å². The summed E-state index contributed by atoms with van der Waals surface area (Å²) in [7, 11) is 0. The summed E-state index contributed by atoms with van der Waals surface area (Å²) in [5.41, 5.74) is 2.44. The van der Waals surface area contributed by atoms with Crippen molar-refractivity contribution >= 4 is 29.5 Å². The van der Waals surface area contributed by atoms with Gasteiger partial charge in [0.15, 0.2) is 13.2 Å². The van der Waals surface area contributed by atoms with E-state index in [1.807, 2.05) is 32.0 Å². The number of imide groups is 1. The van der Waals surface area contributed by atoms with E-state index in [4.69, 9.17) is 9.47 Å². The zero-order valence-electron chi connectivity index (χ0n) is 16.7. The van der Waals surface area contributed by atoms with Gasteiger partial charge in [-0.05, 0) is 37.6 Å². The molecule has 0 atom stereocenters. The highest BCUT2D eigenvalue weighted by Gasteiger charge is 2.13. The van der Waals surface area contributed by atoms with Crippen LogP contribution in [-0.4, -0.2) is 43.6 Å². The van der Waals surface area contributed by atoms with Crippen LogP contribution in [0.1, 0.15) is 11.1 Å². The van der Waals surface area contributed by atoms with E-state index in [1.54, 1.807) is 30.3 Å². The number of carbonyl (C=O) groups excluding carboxylic acids is 4. The van der Waals surface area contributed by atoms with Crippen LogP contribution in [0.25, 0.3) is 0 Å². The Labute approximate surface area is 173 Å². The van der Waals surface area contributed by atoms with Crippen molar-refractivity contribution in [2.24, 2.45) is 0 Å². The maximum Gasteiger partial charge on any atom is 0.325 e. The predicted octanol–water partition coefficient (Wildman–Crippen LogP) is 1.69. The lowest BCUT2D eigenvalue weighted by atomic mass is 10.1. The van der Waals surface area contributed by atoms with Gasteiger partial charge in [-0.3, -0.25) is 19.7 Å². The van der Waals surface area contributed by atoms with E-state index in [9.17, 15) is 19.2 Å². The number of carbonyl (C=O) groups is 4. The van der Waals surface area contributed by atoms with Crippen molar-refractivity contribution in [2.45, 2.75) is 13.8 Å². The monoisotopic (exact) mass is 413 g/mol. The molecule has 158 valence electrons. The average molecular weight is 413 g/mol. The zero-order valence-corrected chi connectivity index (χ0v) is 16.7. The number of benzene rings is 2. The Bertz CT molecular complexity index is 914. The fraction of sp³-hybridized carbons (Fsp3) is 0.238. The Hall–Kier alpha value is -3.88. The minimum Gasteiger partial charge on any atom is -0.484 e. The molecule has 0 aromatic heterocycles. The molecule has 30 heavy (non-hydrogen) atoms. The Balaban J connectivity index is 1.63. The summed E-state index contributed by atoms with van der Waals surface area (Å²) in [6.45, 7) is 2.39. The van der Waals surface area contributed by atoms with Gasteiger partial charge >= 0.3 is 12.0 Å². The molecule has 0 unspecified atom stereocenters. The van der Waals surface area contributed by atoms with Crippen LogP contribution >= 0.6 is 0 Å². The molecule has 0 aliphatic carbocycles. The van der Waals surface area contributed by atoms with Gasteiger partial charge in [0.25, 0.3) is 11.8 Å². The van der Waals surface area contributed by atoms with Gasteiger partial charge in [0.1, 0.15) is 12.3 Å². The second kappa shape index (κ2) is 11.2. The van der Waals surface area contributed by atoms with E-state index >= 15 is 0 Å². The molecule has 9 heteroatoms. The second-order valence-corrected chi connectivity index (χ2v) is 6.36. The van der Waals surface area contributed by atoms with Crippen molar-refractivity contribution in [2.75, 3.05) is 25.1 Å². The first-order valence-corrected chi connectivity index (χ1v) is 9.12. The summed E-state index contributed by atoms with van der Waals surface area (Å²) in [4.78, 5) is 46.9. The van der Waals surface area contributed by atoms with Gasteiger partial charge in [0, 0.05) is 5.69 Å². The quantitative estimate of drug-likeness (QED) is 0.566. The molecule has 0 bridgehead atoms. The Morgan fingerprint density at radius 3 is 2.33 bits per heavy atom. The van der Waals surface area contributed by atoms with Gasteiger partial charge in [0.05, 0.1) is 0 Å². The van der Waals surface area contributed by atoms with Crippen molar-refractivity contribution in [1.29, 1.82) is 0 Å². The summed E-state index contributed by atoms with van der Waals surface area (Å²) >= 11 is 0. The Kier molecular flexibility index (Phi) is 8.37. The molecule has 0 saturated carbocycles. The van der Waals surface area contributed by atoms with Crippen LogP contribution in [0, 0.1) is 13.8 Å². The van der Waals surface area contributed by atoms with Crippen LogP contribution in [0.3, 0.4) is 0 Å². The number of rotatable bonds is 8. The van der Waals surface area contributed by atoms with E-state index in [0.29, 0.717) is 11.4 Å². The number of urea groups is 1.